The van der Waals surface area contributed by atoms with Gasteiger partial charge in [0.05, 0.1) is 37.3 Å². The summed E-state index contributed by atoms with van der Waals surface area (Å²) in [7, 11) is 1.54. The van der Waals surface area contributed by atoms with Crippen molar-refractivity contribution in [1.82, 2.24) is 15.1 Å². The fraction of sp³-hybridized carbons (Fsp3) is 0.385. The third-order valence-corrected chi connectivity index (χ3v) is 5.75. The molecule has 1 aromatic heterocycles. The SMILES string of the molecule is CC1CC1.COc1c(NC(/C=C(\N)NC=O)=C(\C)N)cccc1-c1cnn(C2CCOC2)c1C#N.NC=O. The Morgan fingerprint density at radius 2 is 1.95 bits per heavy atom. The van der Waals surface area contributed by atoms with E-state index in [-0.39, 0.29) is 18.3 Å². The van der Waals surface area contributed by atoms with E-state index in [9.17, 15) is 10.1 Å². The lowest BCUT2D eigenvalue weighted by molar-refractivity contribution is -0.109. The first-order chi connectivity index (χ1) is 18.3. The van der Waals surface area contributed by atoms with Crippen molar-refractivity contribution in [2.24, 2.45) is 23.1 Å². The minimum absolute atomic E-state index is 0.0311. The normalized spacial score (nSPS) is 16.9. The highest BCUT2D eigenvalue weighted by molar-refractivity contribution is 5.81. The van der Waals surface area contributed by atoms with Crippen LogP contribution in [-0.4, -0.2) is 42.9 Å². The Kier molecular flexibility index (Phi) is 11.7. The molecule has 12 heteroatoms. The number of anilines is 1. The molecule has 4 rings (SSSR count). The van der Waals surface area contributed by atoms with Crippen LogP contribution in [0.3, 0.4) is 0 Å². The Hall–Kier alpha value is -4.50. The standard InChI is InChI=1S/C21H25N7O3.C4H8.CH3NO/c1-13(23)18(8-20(24)25-12-29)27-17-5-3-4-15(21(17)30-2)16-10-26-28(19(16)9-22)14-6-7-31-11-14;1-4-2-3-4;2-1-3/h3-5,8,10,12,14,27H,6-7,11,23-24H2,1-2H3,(H,25,29);4H,2-3H2,1H3;1H,(H2,2,3)/b18-13+,20-8+;;. The average molecular weight is 525 g/mol. The summed E-state index contributed by atoms with van der Waals surface area (Å²) >= 11 is 0. The average Bonchev–Trinajstić information content (AvgIpc) is 3.33. The van der Waals surface area contributed by atoms with Gasteiger partial charge in [0, 0.05) is 29.5 Å². The molecule has 1 unspecified atom stereocenters. The number of carbonyl (C=O) groups excluding carboxylic acids is 2. The highest BCUT2D eigenvalue weighted by Gasteiger charge is 2.25. The van der Waals surface area contributed by atoms with Gasteiger partial charge in [-0.05, 0) is 25.3 Å². The van der Waals surface area contributed by atoms with Gasteiger partial charge in [0.15, 0.2) is 0 Å². The van der Waals surface area contributed by atoms with Crippen molar-refractivity contribution in [1.29, 1.82) is 5.26 Å². The number of nitrogens with zero attached hydrogens (tertiary/aromatic N) is 3. The molecular formula is C26H36N8O4. The zero-order chi connectivity index (χ0) is 28.1. The summed E-state index contributed by atoms with van der Waals surface area (Å²) in [4.78, 5) is 19.2. The monoisotopic (exact) mass is 524 g/mol. The zero-order valence-electron chi connectivity index (χ0n) is 21.9. The van der Waals surface area contributed by atoms with Crippen LogP contribution in [0.15, 0.2) is 47.7 Å². The smallest absolute Gasteiger partial charge is 0.212 e. The second-order valence-electron chi connectivity index (χ2n) is 8.77. The van der Waals surface area contributed by atoms with Gasteiger partial charge in [0.1, 0.15) is 23.3 Å². The second-order valence-corrected chi connectivity index (χ2v) is 8.77. The summed E-state index contributed by atoms with van der Waals surface area (Å²) in [6.45, 7) is 5.16. The number of hydrogen-bond donors (Lipinski definition) is 5. The quantitative estimate of drug-likeness (QED) is 0.253. The number of nitriles is 1. The molecule has 2 heterocycles. The maximum Gasteiger partial charge on any atom is 0.212 e. The molecular weight excluding hydrogens is 488 g/mol. The Morgan fingerprint density at radius 1 is 1.26 bits per heavy atom. The molecule has 1 saturated carbocycles. The number of primary amides is 1. The van der Waals surface area contributed by atoms with Gasteiger partial charge in [-0.15, -0.1) is 0 Å². The molecule has 2 aromatic rings. The molecule has 0 bridgehead atoms. The van der Waals surface area contributed by atoms with E-state index >= 15 is 0 Å². The van der Waals surface area contributed by atoms with E-state index in [0.717, 1.165) is 12.3 Å². The van der Waals surface area contributed by atoms with Crippen LogP contribution in [0.25, 0.3) is 11.1 Å². The highest BCUT2D eigenvalue weighted by atomic mass is 16.5. The molecule has 0 spiro atoms. The molecule has 12 nitrogen and oxygen atoms in total. The van der Waals surface area contributed by atoms with E-state index < -0.39 is 0 Å². The molecule has 1 saturated heterocycles. The molecule has 38 heavy (non-hydrogen) atoms. The third-order valence-electron chi connectivity index (χ3n) is 5.75. The molecule has 8 N–H and O–H groups in total. The van der Waals surface area contributed by atoms with Crippen LogP contribution in [0.4, 0.5) is 5.69 Å². The first-order valence-corrected chi connectivity index (χ1v) is 12.1. The Morgan fingerprint density at radius 3 is 2.45 bits per heavy atom. The van der Waals surface area contributed by atoms with E-state index in [2.05, 4.69) is 34.5 Å². The first-order valence-electron chi connectivity index (χ1n) is 12.1. The maximum absolute atomic E-state index is 10.6. The number of methoxy groups -OCH3 is 1. The van der Waals surface area contributed by atoms with E-state index in [4.69, 9.17) is 25.7 Å². The van der Waals surface area contributed by atoms with Crippen molar-refractivity contribution >= 4 is 18.5 Å². The summed E-state index contributed by atoms with van der Waals surface area (Å²) in [5.74, 6) is 1.72. The Labute approximate surface area is 222 Å². The lowest BCUT2D eigenvalue weighted by atomic mass is 10.0. The minimum atomic E-state index is 0.0311. The van der Waals surface area contributed by atoms with Crippen LogP contribution in [-0.2, 0) is 14.3 Å². The van der Waals surface area contributed by atoms with Crippen LogP contribution in [0.5, 0.6) is 5.75 Å². The summed E-state index contributed by atoms with van der Waals surface area (Å²) in [6, 6.07) is 7.79. The molecule has 0 radical (unpaired) electrons. The van der Waals surface area contributed by atoms with Crippen LogP contribution >= 0.6 is 0 Å². The largest absolute Gasteiger partial charge is 0.494 e. The number of aromatic nitrogens is 2. The number of nitrogens with two attached hydrogens (primary N) is 3. The van der Waals surface area contributed by atoms with Crippen LogP contribution in [0, 0.1) is 17.2 Å². The summed E-state index contributed by atoms with van der Waals surface area (Å²) in [5.41, 5.74) is 19.3. The summed E-state index contributed by atoms with van der Waals surface area (Å²) in [5, 5.41) is 19.8. The summed E-state index contributed by atoms with van der Waals surface area (Å²) in [6.07, 6.45) is 7.68. The van der Waals surface area contributed by atoms with Crippen molar-refractivity contribution in [3.05, 3.63) is 53.4 Å². The summed E-state index contributed by atoms with van der Waals surface area (Å²) < 4.78 is 12.8. The van der Waals surface area contributed by atoms with Gasteiger partial charge in [-0.3, -0.25) is 9.59 Å². The number of carbonyl (C=O) groups is 2. The molecule has 1 atom stereocenters. The van der Waals surface area contributed by atoms with E-state index in [1.807, 2.05) is 18.2 Å². The second kappa shape index (κ2) is 14.9. The Balaban J connectivity index is 0.000000636. The lowest BCUT2D eigenvalue weighted by Gasteiger charge is -2.17. The lowest BCUT2D eigenvalue weighted by Crippen LogP contribution is -2.19. The molecule has 1 aromatic carbocycles. The van der Waals surface area contributed by atoms with E-state index in [1.54, 1.807) is 24.9 Å². The van der Waals surface area contributed by atoms with Gasteiger partial charge >= 0.3 is 0 Å². The van der Waals surface area contributed by atoms with Gasteiger partial charge < -0.3 is 37.3 Å². The third kappa shape index (κ3) is 8.28. The predicted molar refractivity (Wildman–Crippen MR) is 144 cm³/mol. The maximum atomic E-state index is 10.6. The fourth-order valence-corrected chi connectivity index (χ4v) is 3.56. The van der Waals surface area contributed by atoms with Crippen molar-refractivity contribution in [3.63, 3.8) is 0 Å². The molecule has 1 aliphatic carbocycles. The van der Waals surface area contributed by atoms with Gasteiger partial charge in [0.2, 0.25) is 12.8 Å². The van der Waals surface area contributed by atoms with Crippen molar-refractivity contribution in [3.8, 4) is 22.9 Å². The zero-order valence-corrected chi connectivity index (χ0v) is 21.9. The molecule has 2 aliphatic rings. The number of rotatable bonds is 8. The van der Waals surface area contributed by atoms with E-state index in [0.29, 0.717) is 59.3 Å². The van der Waals surface area contributed by atoms with Crippen molar-refractivity contribution in [2.45, 2.75) is 39.2 Å². The number of nitrogens with one attached hydrogen (secondary N) is 2. The molecule has 2 amide bonds. The predicted octanol–water partition coefficient (Wildman–Crippen LogP) is 2.06. The van der Waals surface area contributed by atoms with Crippen LogP contribution in [0.1, 0.15) is 44.8 Å². The topological polar surface area (TPSA) is 196 Å². The van der Waals surface area contributed by atoms with Crippen molar-refractivity contribution < 1.29 is 19.1 Å². The number of hydrogen-bond acceptors (Lipinski definition) is 9. The highest BCUT2D eigenvalue weighted by Crippen LogP contribution is 2.39. The van der Waals surface area contributed by atoms with Crippen molar-refractivity contribution in [2.75, 3.05) is 25.6 Å². The minimum Gasteiger partial charge on any atom is -0.494 e. The van der Waals surface area contributed by atoms with Gasteiger partial charge in [-0.2, -0.15) is 10.4 Å². The number of amides is 2. The first kappa shape index (κ1) is 29.7. The van der Waals surface area contributed by atoms with Crippen LogP contribution in [0.2, 0.25) is 0 Å². The molecule has 2 fully saturated rings. The van der Waals surface area contributed by atoms with Gasteiger partial charge in [-0.1, -0.05) is 31.9 Å². The number of ether oxygens (including phenoxy) is 2. The molecule has 1 aliphatic heterocycles. The van der Waals surface area contributed by atoms with Gasteiger partial charge in [-0.25, -0.2) is 4.68 Å². The molecule has 204 valence electrons. The van der Waals surface area contributed by atoms with Crippen LogP contribution < -0.4 is 32.6 Å². The van der Waals surface area contributed by atoms with Gasteiger partial charge in [0.25, 0.3) is 0 Å². The number of benzene rings is 1. The number of para-hydroxylation sites is 1. The Bertz CT molecular complexity index is 1180. The van der Waals surface area contributed by atoms with E-state index in [1.165, 1.54) is 18.9 Å². The number of allylic oxidation sites excluding steroid dienone is 2. The fourth-order valence-electron chi connectivity index (χ4n) is 3.56.